The van der Waals surface area contributed by atoms with Crippen molar-refractivity contribution in [3.8, 4) is 0 Å². The van der Waals surface area contributed by atoms with Crippen molar-refractivity contribution in [1.82, 2.24) is 0 Å². The molecule has 2 bridgehead atoms. The zero-order chi connectivity index (χ0) is 20.8. The fourth-order valence-corrected chi connectivity index (χ4v) is 6.79. The van der Waals surface area contributed by atoms with Gasteiger partial charge in [0, 0.05) is 0 Å². The van der Waals surface area contributed by atoms with Gasteiger partial charge in [-0.1, -0.05) is 60.7 Å². The van der Waals surface area contributed by atoms with Gasteiger partial charge in [-0.15, -0.1) is 23.2 Å². The van der Waals surface area contributed by atoms with Crippen LogP contribution in [0.3, 0.4) is 0 Å². The van der Waals surface area contributed by atoms with Crippen LogP contribution < -0.4 is 4.90 Å². The third-order valence-corrected chi connectivity index (χ3v) is 8.13. The lowest BCUT2D eigenvalue weighted by atomic mass is 9.54. The van der Waals surface area contributed by atoms with Gasteiger partial charge in [-0.3, -0.25) is 9.59 Å². The van der Waals surface area contributed by atoms with E-state index in [1.165, 1.54) is 4.90 Å². The van der Waals surface area contributed by atoms with Gasteiger partial charge in [0.2, 0.25) is 11.8 Å². The van der Waals surface area contributed by atoms with Crippen molar-refractivity contribution in [2.45, 2.75) is 16.7 Å². The fraction of sp³-hybridized carbons (Fsp3) is 0.200. The summed E-state index contributed by atoms with van der Waals surface area (Å²) in [6.07, 6.45) is 0. The van der Waals surface area contributed by atoms with Crippen LogP contribution in [0.25, 0.3) is 0 Å². The van der Waals surface area contributed by atoms with Crippen molar-refractivity contribution in [1.29, 1.82) is 0 Å². The molecule has 30 heavy (non-hydrogen) atoms. The normalized spacial score (nSPS) is 30.8. The summed E-state index contributed by atoms with van der Waals surface area (Å²) < 4.78 is 0. The minimum absolute atomic E-state index is 0.292. The summed E-state index contributed by atoms with van der Waals surface area (Å²) in [4.78, 5) is 26.6. The van der Waals surface area contributed by atoms with Crippen molar-refractivity contribution < 1.29 is 9.59 Å². The Hall–Kier alpha value is -2.62. The van der Waals surface area contributed by atoms with Crippen LogP contribution >= 0.6 is 23.2 Å². The molecule has 0 aromatic heterocycles. The number of carbonyl (C=O) groups is 2. The Morgan fingerprint density at radius 2 is 1.13 bits per heavy atom. The highest BCUT2D eigenvalue weighted by Gasteiger charge is 2.73. The van der Waals surface area contributed by atoms with E-state index in [0.29, 0.717) is 5.69 Å². The first kappa shape index (κ1) is 18.2. The number of nitrogens with zero attached hydrogens (tertiary/aromatic N) is 1. The zero-order valence-electron chi connectivity index (χ0n) is 16.1. The Morgan fingerprint density at radius 3 is 1.53 bits per heavy atom. The molecule has 1 saturated heterocycles. The number of hydrogen-bond acceptors (Lipinski definition) is 2. The molecule has 0 radical (unpaired) electrons. The maximum Gasteiger partial charge on any atom is 0.240 e. The number of imide groups is 1. The molecular weight excluding hydrogens is 417 g/mol. The van der Waals surface area contributed by atoms with E-state index in [4.69, 9.17) is 23.2 Å². The van der Waals surface area contributed by atoms with Crippen molar-refractivity contribution in [2.75, 3.05) is 4.90 Å². The Balaban J connectivity index is 1.67. The summed E-state index contributed by atoms with van der Waals surface area (Å²) >= 11 is 14.8. The Kier molecular flexibility index (Phi) is 3.48. The molecule has 1 aliphatic heterocycles. The lowest BCUT2D eigenvalue weighted by Crippen LogP contribution is -2.57. The Bertz CT molecular complexity index is 1150. The molecule has 3 aliphatic carbocycles. The first-order valence-electron chi connectivity index (χ1n) is 9.92. The lowest BCUT2D eigenvalue weighted by Gasteiger charge is -2.54. The van der Waals surface area contributed by atoms with Crippen LogP contribution in [-0.4, -0.2) is 11.8 Å². The van der Waals surface area contributed by atoms with E-state index in [-0.39, 0.29) is 11.8 Å². The van der Waals surface area contributed by atoms with E-state index < -0.39 is 21.6 Å². The average Bonchev–Trinajstić information content (AvgIpc) is 3.03. The maximum absolute atomic E-state index is 13.8. The summed E-state index contributed by atoms with van der Waals surface area (Å²) in [5.41, 5.74) is 4.79. The highest BCUT2D eigenvalue weighted by atomic mass is 35.5. The molecule has 2 atom stereocenters. The summed E-state index contributed by atoms with van der Waals surface area (Å²) in [5.74, 6) is -2.12. The van der Waals surface area contributed by atoms with E-state index in [1.807, 2.05) is 73.7 Å². The highest BCUT2D eigenvalue weighted by molar-refractivity contribution is 6.38. The molecule has 4 aliphatic rings. The topological polar surface area (TPSA) is 37.4 Å². The van der Waals surface area contributed by atoms with Gasteiger partial charge in [0.15, 0.2) is 0 Å². The Labute approximate surface area is 184 Å². The number of anilines is 1. The van der Waals surface area contributed by atoms with Gasteiger partial charge in [-0.05, 0) is 46.9 Å². The van der Waals surface area contributed by atoms with Crippen LogP contribution in [-0.2, 0) is 19.3 Å². The van der Waals surface area contributed by atoms with Crippen LogP contribution in [0.15, 0.2) is 72.8 Å². The molecule has 148 valence electrons. The first-order chi connectivity index (χ1) is 14.4. The van der Waals surface area contributed by atoms with Crippen molar-refractivity contribution >= 4 is 40.7 Å². The second-order valence-corrected chi connectivity index (χ2v) is 9.51. The van der Waals surface area contributed by atoms with Gasteiger partial charge in [0.1, 0.15) is 9.75 Å². The van der Waals surface area contributed by atoms with Gasteiger partial charge in [-0.2, -0.15) is 0 Å². The van der Waals surface area contributed by atoms with E-state index in [9.17, 15) is 9.59 Å². The van der Waals surface area contributed by atoms with Gasteiger partial charge in [0.25, 0.3) is 0 Å². The maximum atomic E-state index is 13.8. The molecular formula is C25H17Cl2NO2. The molecule has 0 N–H and O–H groups in total. The third kappa shape index (κ3) is 1.89. The lowest BCUT2D eigenvalue weighted by molar-refractivity contribution is -0.122. The number of rotatable bonds is 1. The number of carbonyl (C=O) groups excluding carboxylic acids is 2. The van der Waals surface area contributed by atoms with E-state index in [1.54, 1.807) is 6.07 Å². The van der Waals surface area contributed by atoms with Crippen molar-refractivity contribution in [3.05, 3.63) is 101 Å². The summed E-state index contributed by atoms with van der Waals surface area (Å²) in [5, 5.41) is 0. The van der Waals surface area contributed by atoms with Crippen molar-refractivity contribution in [3.63, 3.8) is 0 Å². The molecule has 0 spiro atoms. The van der Waals surface area contributed by atoms with Gasteiger partial charge < -0.3 is 0 Å². The molecule has 0 unspecified atom stereocenters. The molecule has 3 nitrogen and oxygen atoms in total. The van der Waals surface area contributed by atoms with Crippen LogP contribution in [0.4, 0.5) is 5.69 Å². The standard InChI is InChI=1S/C25H17Cl2NO2/c1-14-7-6-8-15(13-14)28-22(29)20-21(23(28)30)25(27)17-10-3-2-9-16(17)24(20,26)18-11-4-5-12-19(18)25/h2-13,20-21H,1H3/t20-,21+,24?,25?. The predicted octanol–water partition coefficient (Wildman–Crippen LogP) is 5.09. The number of aryl methyl sites for hydroxylation is 1. The van der Waals surface area contributed by atoms with Gasteiger partial charge >= 0.3 is 0 Å². The molecule has 1 heterocycles. The zero-order valence-corrected chi connectivity index (χ0v) is 17.6. The molecule has 0 saturated carbocycles. The van der Waals surface area contributed by atoms with E-state index in [2.05, 4.69) is 0 Å². The molecule has 5 heteroatoms. The van der Waals surface area contributed by atoms with Crippen LogP contribution in [0.2, 0.25) is 0 Å². The largest absolute Gasteiger partial charge is 0.274 e. The number of amides is 2. The summed E-state index contributed by atoms with van der Waals surface area (Å²) in [6, 6.07) is 22.7. The average molecular weight is 434 g/mol. The van der Waals surface area contributed by atoms with Crippen molar-refractivity contribution in [2.24, 2.45) is 11.8 Å². The molecule has 3 aromatic rings. The van der Waals surface area contributed by atoms with E-state index >= 15 is 0 Å². The van der Waals surface area contributed by atoms with E-state index in [0.717, 1.165) is 27.8 Å². The molecule has 2 amide bonds. The number of alkyl halides is 2. The third-order valence-electron chi connectivity index (χ3n) is 6.85. The summed E-state index contributed by atoms with van der Waals surface area (Å²) in [6.45, 7) is 1.93. The minimum Gasteiger partial charge on any atom is -0.274 e. The van der Waals surface area contributed by atoms with Gasteiger partial charge in [0.05, 0.1) is 17.5 Å². The highest BCUT2D eigenvalue weighted by Crippen LogP contribution is 2.69. The predicted molar refractivity (Wildman–Crippen MR) is 117 cm³/mol. The minimum atomic E-state index is -1.14. The fourth-order valence-electron chi connectivity index (χ4n) is 5.69. The van der Waals surface area contributed by atoms with Crippen LogP contribution in [0, 0.1) is 18.8 Å². The second-order valence-electron chi connectivity index (χ2n) is 8.32. The Morgan fingerprint density at radius 1 is 0.700 bits per heavy atom. The van der Waals surface area contributed by atoms with Crippen LogP contribution in [0.5, 0.6) is 0 Å². The second kappa shape index (κ2) is 5.75. The number of benzene rings is 3. The van der Waals surface area contributed by atoms with Gasteiger partial charge in [-0.25, -0.2) is 4.90 Å². The molecule has 1 fully saturated rings. The quantitative estimate of drug-likeness (QED) is 0.395. The smallest absolute Gasteiger partial charge is 0.240 e. The SMILES string of the molecule is Cc1cccc(N2C(=O)[C@@H]3[C@H](C2=O)C2(Cl)c4ccccc4C3(Cl)c3ccccc32)c1. The number of hydrogen-bond donors (Lipinski definition) is 0. The number of halogens is 2. The molecule has 7 rings (SSSR count). The van der Waals surface area contributed by atoms with Crippen LogP contribution in [0.1, 0.15) is 27.8 Å². The monoisotopic (exact) mass is 433 g/mol. The first-order valence-corrected chi connectivity index (χ1v) is 10.7. The summed E-state index contributed by atoms with van der Waals surface area (Å²) in [7, 11) is 0. The molecule has 3 aromatic carbocycles.